The second-order valence-electron chi connectivity index (χ2n) is 6.04. The van der Waals surface area contributed by atoms with Crippen LogP contribution in [0.25, 0.3) is 0 Å². The lowest BCUT2D eigenvalue weighted by Gasteiger charge is -2.11. The molecule has 0 radical (unpaired) electrons. The van der Waals surface area contributed by atoms with Crippen molar-refractivity contribution in [3.05, 3.63) is 59.2 Å². The number of nitriles is 1. The molecule has 136 valence electrons. The Labute approximate surface area is 154 Å². The lowest BCUT2D eigenvalue weighted by molar-refractivity contribution is -0.120. The highest BCUT2D eigenvalue weighted by atomic mass is 16.5. The first-order valence-corrected chi connectivity index (χ1v) is 8.64. The Morgan fingerprint density at radius 3 is 2.54 bits per heavy atom. The van der Waals surface area contributed by atoms with Crippen molar-refractivity contribution in [1.29, 1.82) is 5.26 Å². The smallest absolute Gasteiger partial charge is 0.234 e. The molecule has 0 unspecified atom stereocenters. The van der Waals surface area contributed by atoms with E-state index >= 15 is 0 Å². The fourth-order valence-electron chi connectivity index (χ4n) is 2.41. The molecule has 2 aromatic carbocycles. The van der Waals surface area contributed by atoms with E-state index in [-0.39, 0.29) is 12.3 Å². The molecule has 0 spiro atoms. The van der Waals surface area contributed by atoms with Gasteiger partial charge in [-0.2, -0.15) is 5.26 Å². The Kier molecular flexibility index (Phi) is 7.50. The molecule has 0 aromatic heterocycles. The number of rotatable bonds is 9. The summed E-state index contributed by atoms with van der Waals surface area (Å²) >= 11 is 0. The van der Waals surface area contributed by atoms with Crippen LogP contribution in [0.5, 0.6) is 11.5 Å². The highest BCUT2D eigenvalue weighted by molar-refractivity contribution is 5.77. The number of carbonyl (C=O) groups is 1. The summed E-state index contributed by atoms with van der Waals surface area (Å²) in [6, 6.07) is 15.7. The van der Waals surface area contributed by atoms with Gasteiger partial charge in [0.25, 0.3) is 0 Å². The fourth-order valence-corrected chi connectivity index (χ4v) is 2.41. The van der Waals surface area contributed by atoms with E-state index < -0.39 is 0 Å². The van der Waals surface area contributed by atoms with Gasteiger partial charge in [0.05, 0.1) is 6.07 Å². The normalized spacial score (nSPS) is 10.0. The molecule has 0 saturated heterocycles. The maximum Gasteiger partial charge on any atom is 0.234 e. The summed E-state index contributed by atoms with van der Waals surface area (Å²) in [6.45, 7) is 5.54. The predicted octanol–water partition coefficient (Wildman–Crippen LogP) is 3.33. The van der Waals surface area contributed by atoms with Crippen LogP contribution in [0.3, 0.4) is 0 Å². The quantitative estimate of drug-likeness (QED) is 0.703. The zero-order chi connectivity index (χ0) is 18.8. The fraction of sp³-hybridized carbons (Fsp3) is 0.333. The van der Waals surface area contributed by atoms with Gasteiger partial charge in [0.15, 0.2) is 0 Å². The van der Waals surface area contributed by atoms with Gasteiger partial charge in [-0.05, 0) is 55.2 Å². The molecule has 0 bridgehead atoms. The summed E-state index contributed by atoms with van der Waals surface area (Å²) in [4.78, 5) is 11.2. The summed E-state index contributed by atoms with van der Waals surface area (Å²) in [5, 5.41) is 11.1. The molecule has 0 atom stereocenters. The molecular weight excluding hydrogens is 328 g/mol. The highest BCUT2D eigenvalue weighted by Crippen LogP contribution is 2.19. The summed E-state index contributed by atoms with van der Waals surface area (Å²) in [5.74, 6) is 1.44. The van der Waals surface area contributed by atoms with Crippen molar-refractivity contribution >= 4 is 5.91 Å². The van der Waals surface area contributed by atoms with Crippen LogP contribution in [-0.2, 0) is 11.2 Å². The van der Waals surface area contributed by atoms with Crippen LogP contribution in [0.15, 0.2) is 42.5 Å². The summed E-state index contributed by atoms with van der Waals surface area (Å²) in [5.41, 5.74) is 3.38. The average molecular weight is 352 g/mol. The SMILES string of the molecule is Cc1ccc(C)c(OCCOc2ccc(CCNC(=O)CC#N)cc2)c1. The Hall–Kier alpha value is -3.00. The van der Waals surface area contributed by atoms with E-state index in [4.69, 9.17) is 14.7 Å². The van der Waals surface area contributed by atoms with Gasteiger partial charge < -0.3 is 14.8 Å². The molecule has 1 N–H and O–H groups in total. The molecule has 0 aliphatic rings. The topological polar surface area (TPSA) is 71.3 Å². The van der Waals surface area contributed by atoms with Crippen molar-refractivity contribution in [2.75, 3.05) is 19.8 Å². The largest absolute Gasteiger partial charge is 0.490 e. The Morgan fingerprint density at radius 2 is 1.81 bits per heavy atom. The summed E-state index contributed by atoms with van der Waals surface area (Å²) in [6.07, 6.45) is 0.615. The molecule has 2 aromatic rings. The van der Waals surface area contributed by atoms with E-state index in [1.54, 1.807) is 0 Å². The minimum Gasteiger partial charge on any atom is -0.490 e. The van der Waals surface area contributed by atoms with Gasteiger partial charge in [-0.1, -0.05) is 24.3 Å². The predicted molar refractivity (Wildman–Crippen MR) is 100 cm³/mol. The molecule has 0 heterocycles. The lowest BCUT2D eigenvalue weighted by atomic mass is 10.1. The number of aryl methyl sites for hydroxylation is 2. The van der Waals surface area contributed by atoms with Crippen molar-refractivity contribution in [3.63, 3.8) is 0 Å². The van der Waals surface area contributed by atoms with Crippen LogP contribution in [0, 0.1) is 25.2 Å². The third-order valence-electron chi connectivity index (χ3n) is 3.85. The molecule has 0 fully saturated rings. The zero-order valence-electron chi connectivity index (χ0n) is 15.2. The minimum absolute atomic E-state index is 0.100. The van der Waals surface area contributed by atoms with Crippen LogP contribution in [0.2, 0.25) is 0 Å². The van der Waals surface area contributed by atoms with Crippen molar-refractivity contribution in [2.45, 2.75) is 26.7 Å². The zero-order valence-corrected chi connectivity index (χ0v) is 15.2. The number of hydrogen-bond donors (Lipinski definition) is 1. The van der Waals surface area contributed by atoms with Crippen molar-refractivity contribution in [1.82, 2.24) is 5.32 Å². The molecule has 1 amide bonds. The number of benzene rings is 2. The van der Waals surface area contributed by atoms with E-state index in [2.05, 4.69) is 11.4 Å². The minimum atomic E-state index is -0.240. The second-order valence-corrected chi connectivity index (χ2v) is 6.04. The Balaban J connectivity index is 1.69. The Bertz CT molecular complexity index is 764. The summed E-state index contributed by atoms with van der Waals surface area (Å²) < 4.78 is 11.5. The standard InChI is InChI=1S/C21H24N2O3/c1-16-3-4-17(2)20(15-16)26-14-13-25-19-7-5-18(6-8-19)10-12-23-21(24)9-11-22/h3-8,15H,9-10,12-14H2,1-2H3,(H,23,24). The number of ether oxygens (including phenoxy) is 2. The third kappa shape index (κ3) is 6.48. The number of carbonyl (C=O) groups excluding carboxylic acids is 1. The molecule has 5 nitrogen and oxygen atoms in total. The molecular formula is C21H24N2O3. The van der Waals surface area contributed by atoms with Gasteiger partial charge in [0, 0.05) is 6.54 Å². The molecule has 26 heavy (non-hydrogen) atoms. The van der Waals surface area contributed by atoms with E-state index in [1.165, 1.54) is 5.56 Å². The van der Waals surface area contributed by atoms with Gasteiger partial charge in [-0.15, -0.1) is 0 Å². The first-order valence-electron chi connectivity index (χ1n) is 8.64. The van der Waals surface area contributed by atoms with Crippen molar-refractivity contribution < 1.29 is 14.3 Å². The highest BCUT2D eigenvalue weighted by Gasteiger charge is 2.02. The number of hydrogen-bond acceptors (Lipinski definition) is 4. The molecule has 2 rings (SSSR count). The van der Waals surface area contributed by atoms with Gasteiger partial charge in [-0.25, -0.2) is 0 Å². The number of nitrogens with one attached hydrogen (secondary N) is 1. The molecule has 0 saturated carbocycles. The number of nitrogens with zero attached hydrogens (tertiary/aromatic N) is 1. The van der Waals surface area contributed by atoms with E-state index in [1.807, 2.05) is 56.3 Å². The maximum atomic E-state index is 11.2. The Morgan fingerprint density at radius 1 is 1.08 bits per heavy atom. The molecule has 0 aliphatic carbocycles. The molecule has 5 heteroatoms. The van der Waals surface area contributed by atoms with Crippen LogP contribution < -0.4 is 14.8 Å². The maximum absolute atomic E-state index is 11.2. The monoisotopic (exact) mass is 352 g/mol. The van der Waals surface area contributed by atoms with Crippen LogP contribution in [0.1, 0.15) is 23.1 Å². The van der Waals surface area contributed by atoms with Crippen molar-refractivity contribution in [2.24, 2.45) is 0 Å². The van der Waals surface area contributed by atoms with Gasteiger partial charge in [-0.3, -0.25) is 4.79 Å². The lowest BCUT2D eigenvalue weighted by Crippen LogP contribution is -2.24. The van der Waals surface area contributed by atoms with E-state index in [0.717, 1.165) is 22.6 Å². The van der Waals surface area contributed by atoms with Crippen LogP contribution in [0.4, 0.5) is 0 Å². The summed E-state index contributed by atoms with van der Waals surface area (Å²) in [7, 11) is 0. The van der Waals surface area contributed by atoms with Crippen LogP contribution >= 0.6 is 0 Å². The molecule has 0 aliphatic heterocycles. The van der Waals surface area contributed by atoms with E-state index in [0.29, 0.717) is 26.2 Å². The van der Waals surface area contributed by atoms with E-state index in [9.17, 15) is 4.79 Å². The second kappa shape index (κ2) is 10.1. The first kappa shape index (κ1) is 19.3. The average Bonchev–Trinajstić information content (AvgIpc) is 2.63. The van der Waals surface area contributed by atoms with Gasteiger partial charge in [0.2, 0.25) is 5.91 Å². The first-order chi connectivity index (χ1) is 12.6. The van der Waals surface area contributed by atoms with Crippen LogP contribution in [-0.4, -0.2) is 25.7 Å². The number of amides is 1. The third-order valence-corrected chi connectivity index (χ3v) is 3.85. The van der Waals surface area contributed by atoms with Gasteiger partial charge in [0.1, 0.15) is 31.1 Å². The van der Waals surface area contributed by atoms with Gasteiger partial charge >= 0.3 is 0 Å². The van der Waals surface area contributed by atoms with Crippen molar-refractivity contribution in [3.8, 4) is 17.6 Å².